The molecule has 154 valence electrons. The molecule has 2 fully saturated rings. The SMILES string of the molecule is CC1CCN(C(=O)CCCN2C(=O)/C(=C/c3ccc4c(c3)OCO4)SC2=S)CC1. The number of benzene rings is 1. The van der Waals surface area contributed by atoms with Gasteiger partial charge in [-0.1, -0.05) is 37.0 Å². The summed E-state index contributed by atoms with van der Waals surface area (Å²) in [6.07, 6.45) is 5.04. The first kappa shape index (κ1) is 20.2. The molecule has 4 rings (SSSR count). The molecule has 1 aromatic rings. The van der Waals surface area contributed by atoms with E-state index in [0.29, 0.717) is 46.0 Å². The molecule has 6 nitrogen and oxygen atoms in total. The van der Waals surface area contributed by atoms with Crippen LogP contribution in [0.3, 0.4) is 0 Å². The summed E-state index contributed by atoms with van der Waals surface area (Å²) in [5.74, 6) is 2.17. The topological polar surface area (TPSA) is 59.1 Å². The zero-order chi connectivity index (χ0) is 20.4. The molecular formula is C21H24N2O4S2. The predicted molar refractivity (Wildman–Crippen MR) is 117 cm³/mol. The third-order valence-corrected chi connectivity index (χ3v) is 6.85. The quantitative estimate of drug-likeness (QED) is 0.523. The van der Waals surface area contributed by atoms with Crippen LogP contribution in [0.15, 0.2) is 23.1 Å². The second-order valence-electron chi connectivity index (χ2n) is 7.61. The molecule has 3 aliphatic rings. The van der Waals surface area contributed by atoms with Crippen molar-refractivity contribution in [3.8, 4) is 11.5 Å². The van der Waals surface area contributed by atoms with Crippen LogP contribution in [0.25, 0.3) is 6.08 Å². The number of ether oxygens (including phenoxy) is 2. The summed E-state index contributed by atoms with van der Waals surface area (Å²) < 4.78 is 11.2. The van der Waals surface area contributed by atoms with Gasteiger partial charge < -0.3 is 14.4 Å². The van der Waals surface area contributed by atoms with E-state index in [4.69, 9.17) is 21.7 Å². The summed E-state index contributed by atoms with van der Waals surface area (Å²) >= 11 is 6.69. The van der Waals surface area contributed by atoms with Crippen LogP contribution in [0.1, 0.15) is 38.2 Å². The molecule has 0 bridgehead atoms. The van der Waals surface area contributed by atoms with E-state index in [9.17, 15) is 9.59 Å². The molecule has 3 aliphatic heterocycles. The minimum absolute atomic E-state index is 0.100. The van der Waals surface area contributed by atoms with Crippen LogP contribution in [0.4, 0.5) is 0 Å². The van der Waals surface area contributed by atoms with Crippen LogP contribution >= 0.6 is 24.0 Å². The minimum atomic E-state index is -0.100. The Kier molecular flexibility index (Phi) is 6.10. The number of likely N-dealkylation sites (tertiary alicyclic amines) is 1. The van der Waals surface area contributed by atoms with Crippen molar-refractivity contribution in [1.29, 1.82) is 0 Å². The Bertz CT molecular complexity index is 862. The zero-order valence-corrected chi connectivity index (χ0v) is 18.0. The number of fused-ring (bicyclic) bond motifs is 1. The monoisotopic (exact) mass is 432 g/mol. The molecular weight excluding hydrogens is 408 g/mol. The van der Waals surface area contributed by atoms with Gasteiger partial charge in [0.15, 0.2) is 11.5 Å². The van der Waals surface area contributed by atoms with Gasteiger partial charge in [-0.05, 0) is 49.0 Å². The lowest BCUT2D eigenvalue weighted by Crippen LogP contribution is -2.38. The Balaban J connectivity index is 1.32. The molecule has 3 heterocycles. The van der Waals surface area contributed by atoms with Crippen LogP contribution in [0, 0.1) is 5.92 Å². The lowest BCUT2D eigenvalue weighted by Gasteiger charge is -2.30. The summed E-state index contributed by atoms with van der Waals surface area (Å²) in [7, 11) is 0. The van der Waals surface area contributed by atoms with Crippen LogP contribution in [-0.4, -0.2) is 52.4 Å². The summed E-state index contributed by atoms with van der Waals surface area (Å²) in [6, 6.07) is 5.58. The lowest BCUT2D eigenvalue weighted by molar-refractivity contribution is -0.133. The molecule has 0 unspecified atom stereocenters. The fourth-order valence-electron chi connectivity index (χ4n) is 3.65. The average molecular weight is 433 g/mol. The molecule has 0 saturated carbocycles. The highest BCUT2D eigenvalue weighted by Gasteiger charge is 2.32. The molecule has 8 heteroatoms. The Morgan fingerprint density at radius 2 is 2.03 bits per heavy atom. The van der Waals surface area contributed by atoms with Crippen molar-refractivity contribution in [3.63, 3.8) is 0 Å². The number of rotatable bonds is 5. The van der Waals surface area contributed by atoms with Gasteiger partial charge in [0.1, 0.15) is 4.32 Å². The van der Waals surface area contributed by atoms with E-state index >= 15 is 0 Å². The number of amides is 2. The zero-order valence-electron chi connectivity index (χ0n) is 16.4. The Labute approximate surface area is 180 Å². The molecule has 2 saturated heterocycles. The van der Waals surface area contributed by atoms with Gasteiger partial charge in [-0.25, -0.2) is 0 Å². The number of hydrogen-bond acceptors (Lipinski definition) is 6. The van der Waals surface area contributed by atoms with Gasteiger partial charge in [-0.15, -0.1) is 0 Å². The van der Waals surface area contributed by atoms with E-state index < -0.39 is 0 Å². The highest BCUT2D eigenvalue weighted by Crippen LogP contribution is 2.36. The van der Waals surface area contributed by atoms with Gasteiger partial charge in [0.2, 0.25) is 12.7 Å². The van der Waals surface area contributed by atoms with Gasteiger partial charge in [0.05, 0.1) is 4.91 Å². The number of thiocarbonyl (C=S) groups is 1. The maximum atomic E-state index is 12.8. The smallest absolute Gasteiger partial charge is 0.266 e. The third kappa shape index (κ3) is 4.59. The van der Waals surface area contributed by atoms with Crippen molar-refractivity contribution >= 4 is 46.2 Å². The number of nitrogens with zero attached hydrogens (tertiary/aromatic N) is 2. The third-order valence-electron chi connectivity index (χ3n) is 5.48. The van der Waals surface area contributed by atoms with E-state index in [1.165, 1.54) is 11.8 Å². The van der Waals surface area contributed by atoms with Gasteiger partial charge in [-0.2, -0.15) is 0 Å². The van der Waals surface area contributed by atoms with Crippen LogP contribution in [0.5, 0.6) is 11.5 Å². The molecule has 2 amide bonds. The maximum Gasteiger partial charge on any atom is 0.266 e. The summed E-state index contributed by atoms with van der Waals surface area (Å²) in [4.78, 5) is 29.3. The number of carbonyl (C=O) groups excluding carboxylic acids is 2. The van der Waals surface area contributed by atoms with Gasteiger partial charge >= 0.3 is 0 Å². The summed E-state index contributed by atoms with van der Waals surface area (Å²) in [5, 5.41) is 0. The largest absolute Gasteiger partial charge is 0.454 e. The van der Waals surface area contributed by atoms with Gasteiger partial charge in [0, 0.05) is 26.1 Å². The fourth-order valence-corrected chi connectivity index (χ4v) is 4.96. The number of carbonyl (C=O) groups is 2. The molecule has 0 radical (unpaired) electrons. The van der Waals surface area contributed by atoms with Crippen molar-refractivity contribution in [2.45, 2.75) is 32.6 Å². The first-order valence-electron chi connectivity index (χ1n) is 9.94. The van der Waals surface area contributed by atoms with E-state index in [1.54, 1.807) is 4.90 Å². The highest BCUT2D eigenvalue weighted by molar-refractivity contribution is 8.26. The van der Waals surface area contributed by atoms with Crippen LogP contribution < -0.4 is 9.47 Å². The van der Waals surface area contributed by atoms with Crippen molar-refractivity contribution in [2.75, 3.05) is 26.4 Å². The van der Waals surface area contributed by atoms with E-state index in [1.807, 2.05) is 29.2 Å². The lowest BCUT2D eigenvalue weighted by atomic mass is 9.99. The number of hydrogen-bond donors (Lipinski definition) is 0. The molecule has 0 atom stereocenters. The molecule has 0 spiro atoms. The van der Waals surface area contributed by atoms with Crippen LogP contribution in [0.2, 0.25) is 0 Å². The molecule has 0 N–H and O–H groups in total. The standard InChI is InChI=1S/C21H24N2O4S2/c1-14-6-9-22(10-7-14)19(24)3-2-8-23-20(25)18(29-21(23)28)12-15-4-5-16-17(11-15)27-13-26-16/h4-5,11-12,14H,2-3,6-10,13H2,1H3/b18-12-. The number of piperidine rings is 1. The second-order valence-corrected chi connectivity index (χ2v) is 9.29. The Hall–Kier alpha value is -2.06. The second kappa shape index (κ2) is 8.75. The molecule has 29 heavy (non-hydrogen) atoms. The minimum Gasteiger partial charge on any atom is -0.454 e. The van der Waals surface area contributed by atoms with E-state index in [2.05, 4.69) is 6.92 Å². The van der Waals surface area contributed by atoms with Gasteiger partial charge in [0.25, 0.3) is 5.91 Å². The first-order valence-corrected chi connectivity index (χ1v) is 11.2. The molecule has 1 aromatic carbocycles. The first-order chi connectivity index (χ1) is 14.0. The van der Waals surface area contributed by atoms with Crippen molar-refractivity contribution < 1.29 is 19.1 Å². The van der Waals surface area contributed by atoms with Crippen LogP contribution in [-0.2, 0) is 9.59 Å². The van der Waals surface area contributed by atoms with Crippen molar-refractivity contribution in [3.05, 3.63) is 28.7 Å². The van der Waals surface area contributed by atoms with E-state index in [0.717, 1.165) is 31.5 Å². The summed E-state index contributed by atoms with van der Waals surface area (Å²) in [5.41, 5.74) is 0.865. The predicted octanol–water partition coefficient (Wildman–Crippen LogP) is 3.66. The molecule has 0 aromatic heterocycles. The highest BCUT2D eigenvalue weighted by atomic mass is 32.2. The summed E-state index contributed by atoms with van der Waals surface area (Å²) in [6.45, 7) is 4.61. The van der Waals surface area contributed by atoms with E-state index in [-0.39, 0.29) is 18.6 Å². The Morgan fingerprint density at radius 3 is 2.83 bits per heavy atom. The van der Waals surface area contributed by atoms with Crippen molar-refractivity contribution in [1.82, 2.24) is 9.80 Å². The molecule has 0 aliphatic carbocycles. The van der Waals surface area contributed by atoms with Crippen molar-refractivity contribution in [2.24, 2.45) is 5.92 Å². The normalized spacial score (nSPS) is 20.8. The fraction of sp³-hybridized carbons (Fsp3) is 0.476. The number of thioether (sulfide) groups is 1. The average Bonchev–Trinajstić information content (AvgIpc) is 3.27. The van der Waals surface area contributed by atoms with Gasteiger partial charge in [-0.3, -0.25) is 14.5 Å². The maximum absolute atomic E-state index is 12.8. The Morgan fingerprint density at radius 1 is 1.28 bits per heavy atom.